The predicted molar refractivity (Wildman–Crippen MR) is 118 cm³/mol. The van der Waals surface area contributed by atoms with E-state index in [1.165, 1.54) is 4.31 Å². The molecule has 8 nitrogen and oxygen atoms in total. The number of aryl methyl sites for hydroxylation is 2. The molecule has 2 heterocycles. The maximum absolute atomic E-state index is 13.1. The number of piperazine rings is 1. The number of aromatic nitrogens is 1. The molecule has 0 radical (unpaired) electrons. The van der Waals surface area contributed by atoms with Crippen LogP contribution >= 0.6 is 0 Å². The Morgan fingerprint density at radius 1 is 1.03 bits per heavy atom. The van der Waals surface area contributed by atoms with Gasteiger partial charge in [0.25, 0.3) is 5.91 Å². The third-order valence-electron chi connectivity index (χ3n) is 5.47. The van der Waals surface area contributed by atoms with E-state index in [1.807, 2.05) is 31.2 Å². The summed E-state index contributed by atoms with van der Waals surface area (Å²) in [7, 11) is -3.58. The van der Waals surface area contributed by atoms with Crippen LogP contribution in [0.4, 0.5) is 0 Å². The standard InChI is InChI=1S/C23H25N3O5S/c1-17-7-6-8-19(15-17)30-16-21-18(2)31-24-22(21)23(27)25-11-13-26(14-12-25)32(28,29)20-9-4-3-5-10-20/h3-10,15H,11-14,16H2,1-2H3. The average Bonchev–Trinajstić information content (AvgIpc) is 3.18. The Balaban J connectivity index is 1.43. The number of hydrogen-bond donors (Lipinski definition) is 0. The maximum Gasteiger partial charge on any atom is 0.276 e. The van der Waals surface area contributed by atoms with E-state index in [2.05, 4.69) is 5.16 Å². The molecular weight excluding hydrogens is 430 g/mol. The number of carbonyl (C=O) groups is 1. The SMILES string of the molecule is Cc1cccc(OCc2c(C(=O)N3CCN(S(=O)(=O)c4ccccc4)CC3)noc2C)c1. The summed E-state index contributed by atoms with van der Waals surface area (Å²) >= 11 is 0. The molecule has 0 unspecified atom stereocenters. The topological polar surface area (TPSA) is 93.0 Å². The highest BCUT2D eigenvalue weighted by molar-refractivity contribution is 7.89. The summed E-state index contributed by atoms with van der Waals surface area (Å²) in [5.41, 5.74) is 1.87. The molecule has 0 spiro atoms. The van der Waals surface area contributed by atoms with Crippen molar-refractivity contribution >= 4 is 15.9 Å². The predicted octanol–water partition coefficient (Wildman–Crippen LogP) is 3.02. The number of ether oxygens (including phenoxy) is 1. The van der Waals surface area contributed by atoms with Gasteiger partial charge < -0.3 is 14.2 Å². The molecule has 2 aromatic carbocycles. The zero-order valence-electron chi connectivity index (χ0n) is 18.0. The number of nitrogens with zero attached hydrogens (tertiary/aromatic N) is 3. The van der Waals surface area contributed by atoms with Gasteiger partial charge in [-0.05, 0) is 43.7 Å². The summed E-state index contributed by atoms with van der Waals surface area (Å²) in [4.78, 5) is 15.0. The Labute approximate surface area is 187 Å². The number of carbonyl (C=O) groups excluding carboxylic acids is 1. The second-order valence-corrected chi connectivity index (χ2v) is 9.62. The first-order valence-electron chi connectivity index (χ1n) is 10.4. The number of hydrogen-bond acceptors (Lipinski definition) is 6. The van der Waals surface area contributed by atoms with Crippen LogP contribution < -0.4 is 4.74 Å². The van der Waals surface area contributed by atoms with E-state index in [-0.39, 0.29) is 49.3 Å². The van der Waals surface area contributed by atoms with Gasteiger partial charge in [0.15, 0.2) is 5.69 Å². The lowest BCUT2D eigenvalue weighted by atomic mass is 10.1. The molecule has 3 aromatic rings. The molecule has 0 saturated carbocycles. The number of amides is 1. The van der Waals surface area contributed by atoms with Crippen molar-refractivity contribution in [3.05, 3.63) is 77.2 Å². The third kappa shape index (κ3) is 4.53. The van der Waals surface area contributed by atoms with Crippen LogP contribution in [0, 0.1) is 13.8 Å². The van der Waals surface area contributed by atoms with Crippen LogP contribution in [-0.4, -0.2) is 54.9 Å². The Bertz CT molecular complexity index is 1200. The zero-order valence-corrected chi connectivity index (χ0v) is 18.8. The summed E-state index contributed by atoms with van der Waals surface area (Å²) < 4.78 is 38.1. The molecule has 32 heavy (non-hydrogen) atoms. The van der Waals surface area contributed by atoms with E-state index < -0.39 is 10.0 Å². The fraction of sp³-hybridized carbons (Fsp3) is 0.304. The summed E-state index contributed by atoms with van der Waals surface area (Å²) in [6, 6.07) is 16.0. The van der Waals surface area contributed by atoms with E-state index in [9.17, 15) is 13.2 Å². The summed E-state index contributed by atoms with van der Waals surface area (Å²) in [5.74, 6) is 0.927. The van der Waals surface area contributed by atoms with Gasteiger partial charge >= 0.3 is 0 Å². The van der Waals surface area contributed by atoms with Crippen LogP contribution in [0.25, 0.3) is 0 Å². The van der Waals surface area contributed by atoms with Crippen molar-refractivity contribution in [2.45, 2.75) is 25.3 Å². The van der Waals surface area contributed by atoms with E-state index in [4.69, 9.17) is 9.26 Å². The first-order chi connectivity index (χ1) is 15.4. The van der Waals surface area contributed by atoms with Crippen molar-refractivity contribution in [1.82, 2.24) is 14.4 Å². The summed E-state index contributed by atoms with van der Waals surface area (Å²) in [6.07, 6.45) is 0. The zero-order chi connectivity index (χ0) is 22.7. The Morgan fingerprint density at radius 2 is 1.75 bits per heavy atom. The first-order valence-corrected chi connectivity index (χ1v) is 11.8. The second kappa shape index (κ2) is 9.13. The van der Waals surface area contributed by atoms with Crippen molar-refractivity contribution in [2.24, 2.45) is 0 Å². The number of rotatable bonds is 6. The minimum Gasteiger partial charge on any atom is -0.489 e. The van der Waals surface area contributed by atoms with E-state index in [0.29, 0.717) is 17.1 Å². The normalized spacial score (nSPS) is 15.0. The monoisotopic (exact) mass is 455 g/mol. The van der Waals surface area contributed by atoms with Gasteiger partial charge in [0, 0.05) is 26.2 Å². The quantitative estimate of drug-likeness (QED) is 0.567. The van der Waals surface area contributed by atoms with E-state index >= 15 is 0 Å². The third-order valence-corrected chi connectivity index (χ3v) is 7.38. The van der Waals surface area contributed by atoms with Crippen LogP contribution in [0.15, 0.2) is 64.0 Å². The van der Waals surface area contributed by atoms with Gasteiger partial charge in [-0.15, -0.1) is 0 Å². The highest BCUT2D eigenvalue weighted by Crippen LogP contribution is 2.22. The van der Waals surface area contributed by atoms with Gasteiger partial charge in [0.1, 0.15) is 18.1 Å². The van der Waals surface area contributed by atoms with Crippen LogP contribution in [0.5, 0.6) is 5.75 Å². The lowest BCUT2D eigenvalue weighted by molar-refractivity contribution is 0.0685. The van der Waals surface area contributed by atoms with Crippen molar-refractivity contribution < 1.29 is 22.5 Å². The number of sulfonamides is 1. The molecule has 1 aliphatic heterocycles. The van der Waals surface area contributed by atoms with Gasteiger partial charge in [-0.3, -0.25) is 4.79 Å². The molecule has 168 valence electrons. The van der Waals surface area contributed by atoms with Gasteiger partial charge in [-0.25, -0.2) is 8.42 Å². The molecule has 1 aliphatic rings. The molecule has 1 saturated heterocycles. The molecule has 0 N–H and O–H groups in total. The Morgan fingerprint density at radius 3 is 2.44 bits per heavy atom. The molecule has 0 aliphatic carbocycles. The fourth-order valence-electron chi connectivity index (χ4n) is 3.61. The van der Waals surface area contributed by atoms with Crippen LogP contribution in [0.1, 0.15) is 27.4 Å². The molecule has 1 aromatic heterocycles. The van der Waals surface area contributed by atoms with Crippen molar-refractivity contribution in [3.8, 4) is 5.75 Å². The fourth-order valence-corrected chi connectivity index (χ4v) is 5.06. The van der Waals surface area contributed by atoms with Crippen molar-refractivity contribution in [2.75, 3.05) is 26.2 Å². The Hall–Kier alpha value is -3.17. The molecule has 0 atom stereocenters. The molecule has 1 amide bonds. The highest BCUT2D eigenvalue weighted by Gasteiger charge is 2.32. The average molecular weight is 456 g/mol. The molecule has 0 bridgehead atoms. The van der Waals surface area contributed by atoms with Gasteiger partial charge in [0.2, 0.25) is 10.0 Å². The van der Waals surface area contributed by atoms with Crippen LogP contribution in [-0.2, 0) is 16.6 Å². The molecule has 9 heteroatoms. The minimum absolute atomic E-state index is 0.155. The van der Waals surface area contributed by atoms with Crippen molar-refractivity contribution in [3.63, 3.8) is 0 Å². The van der Waals surface area contributed by atoms with Crippen molar-refractivity contribution in [1.29, 1.82) is 0 Å². The lowest BCUT2D eigenvalue weighted by Gasteiger charge is -2.33. The summed E-state index contributed by atoms with van der Waals surface area (Å²) in [5, 5.41) is 3.96. The summed E-state index contributed by atoms with van der Waals surface area (Å²) in [6.45, 7) is 4.85. The largest absolute Gasteiger partial charge is 0.489 e. The second-order valence-electron chi connectivity index (χ2n) is 7.68. The number of benzene rings is 2. The lowest BCUT2D eigenvalue weighted by Crippen LogP contribution is -2.50. The highest BCUT2D eigenvalue weighted by atomic mass is 32.2. The van der Waals surface area contributed by atoms with Gasteiger partial charge in [-0.2, -0.15) is 4.31 Å². The smallest absolute Gasteiger partial charge is 0.276 e. The van der Waals surface area contributed by atoms with Crippen LogP contribution in [0.2, 0.25) is 0 Å². The minimum atomic E-state index is -3.58. The first kappa shape index (κ1) is 22.0. The van der Waals surface area contributed by atoms with Gasteiger partial charge in [-0.1, -0.05) is 35.5 Å². The van der Waals surface area contributed by atoms with Gasteiger partial charge in [0.05, 0.1) is 10.5 Å². The molecule has 4 rings (SSSR count). The molecular formula is C23H25N3O5S. The van der Waals surface area contributed by atoms with E-state index in [1.54, 1.807) is 42.2 Å². The van der Waals surface area contributed by atoms with E-state index in [0.717, 1.165) is 5.56 Å². The maximum atomic E-state index is 13.1. The Kier molecular flexibility index (Phi) is 6.29. The van der Waals surface area contributed by atoms with Crippen LogP contribution in [0.3, 0.4) is 0 Å². The molecule has 1 fully saturated rings.